The van der Waals surface area contributed by atoms with E-state index >= 15 is 0 Å². The SMILES string of the molecule is CCCCCCC(=O)NC(=S)NC(C)c1ccccc1. The van der Waals surface area contributed by atoms with Crippen molar-refractivity contribution in [3.63, 3.8) is 0 Å². The van der Waals surface area contributed by atoms with Gasteiger partial charge >= 0.3 is 0 Å². The summed E-state index contributed by atoms with van der Waals surface area (Å²) in [6.45, 7) is 4.18. The van der Waals surface area contributed by atoms with Crippen molar-refractivity contribution in [3.05, 3.63) is 35.9 Å². The van der Waals surface area contributed by atoms with Crippen molar-refractivity contribution in [2.24, 2.45) is 0 Å². The first-order valence-corrected chi connectivity index (χ1v) is 7.69. The third kappa shape index (κ3) is 6.66. The standard InChI is InChI=1S/C16H24N2OS/c1-3-4-5-9-12-15(19)18-16(20)17-13(2)14-10-7-6-8-11-14/h6-8,10-11,13H,3-5,9,12H2,1-2H3,(H2,17,18,19,20). The second-order valence-corrected chi connectivity index (χ2v) is 5.37. The molecular weight excluding hydrogens is 268 g/mol. The van der Waals surface area contributed by atoms with Crippen molar-refractivity contribution in [3.8, 4) is 0 Å². The molecule has 1 atom stereocenters. The molecule has 110 valence electrons. The maximum absolute atomic E-state index is 11.7. The largest absolute Gasteiger partial charge is 0.356 e. The van der Waals surface area contributed by atoms with E-state index in [1.54, 1.807) is 0 Å². The molecule has 0 aliphatic carbocycles. The highest BCUT2D eigenvalue weighted by Crippen LogP contribution is 2.10. The van der Waals surface area contributed by atoms with Gasteiger partial charge in [-0.1, -0.05) is 56.5 Å². The van der Waals surface area contributed by atoms with Crippen LogP contribution in [0.4, 0.5) is 0 Å². The van der Waals surface area contributed by atoms with E-state index in [9.17, 15) is 4.79 Å². The van der Waals surface area contributed by atoms with Gasteiger partial charge in [0.2, 0.25) is 5.91 Å². The van der Waals surface area contributed by atoms with E-state index in [1.807, 2.05) is 37.3 Å². The molecule has 20 heavy (non-hydrogen) atoms. The van der Waals surface area contributed by atoms with Crippen LogP contribution in [-0.2, 0) is 4.79 Å². The molecule has 0 aliphatic rings. The molecule has 3 nitrogen and oxygen atoms in total. The number of carbonyl (C=O) groups is 1. The van der Waals surface area contributed by atoms with Gasteiger partial charge in [0.1, 0.15) is 0 Å². The lowest BCUT2D eigenvalue weighted by molar-refractivity contribution is -0.119. The van der Waals surface area contributed by atoms with Crippen LogP contribution in [0.5, 0.6) is 0 Å². The van der Waals surface area contributed by atoms with E-state index in [-0.39, 0.29) is 11.9 Å². The molecule has 4 heteroatoms. The van der Waals surface area contributed by atoms with Gasteiger partial charge in [0.25, 0.3) is 0 Å². The van der Waals surface area contributed by atoms with Crippen LogP contribution in [0.25, 0.3) is 0 Å². The first kappa shape index (κ1) is 16.6. The van der Waals surface area contributed by atoms with Crippen molar-refractivity contribution in [2.45, 2.75) is 52.0 Å². The van der Waals surface area contributed by atoms with Gasteiger partial charge < -0.3 is 10.6 Å². The van der Waals surface area contributed by atoms with E-state index in [0.717, 1.165) is 18.4 Å². The minimum atomic E-state index is -0.00105. The normalized spacial score (nSPS) is 11.7. The number of nitrogens with one attached hydrogen (secondary N) is 2. The Morgan fingerprint density at radius 2 is 1.90 bits per heavy atom. The smallest absolute Gasteiger partial charge is 0.226 e. The zero-order valence-electron chi connectivity index (χ0n) is 12.3. The Hall–Kier alpha value is -1.42. The lowest BCUT2D eigenvalue weighted by atomic mass is 10.1. The first-order valence-electron chi connectivity index (χ1n) is 7.28. The lowest BCUT2D eigenvalue weighted by Gasteiger charge is -2.16. The number of carbonyl (C=O) groups excluding carboxylic acids is 1. The number of benzene rings is 1. The van der Waals surface area contributed by atoms with Crippen LogP contribution in [0.15, 0.2) is 30.3 Å². The molecule has 1 rings (SSSR count). The molecule has 2 N–H and O–H groups in total. The average Bonchev–Trinajstić information content (AvgIpc) is 2.44. The molecule has 0 saturated carbocycles. The van der Waals surface area contributed by atoms with Crippen molar-refractivity contribution in [1.29, 1.82) is 0 Å². The van der Waals surface area contributed by atoms with Gasteiger partial charge in [-0.2, -0.15) is 0 Å². The molecule has 1 aromatic carbocycles. The monoisotopic (exact) mass is 292 g/mol. The van der Waals surface area contributed by atoms with Gasteiger partial charge in [0.05, 0.1) is 6.04 Å². The Morgan fingerprint density at radius 3 is 2.55 bits per heavy atom. The van der Waals surface area contributed by atoms with Crippen LogP contribution >= 0.6 is 12.2 Å². The molecule has 0 saturated heterocycles. The highest BCUT2D eigenvalue weighted by molar-refractivity contribution is 7.80. The van der Waals surface area contributed by atoms with Crippen LogP contribution < -0.4 is 10.6 Å². The number of amides is 1. The van der Waals surface area contributed by atoms with Gasteiger partial charge in [0, 0.05) is 6.42 Å². The number of hydrogen-bond donors (Lipinski definition) is 2. The number of unbranched alkanes of at least 4 members (excludes halogenated alkanes) is 3. The van der Waals surface area contributed by atoms with E-state index in [4.69, 9.17) is 12.2 Å². The first-order chi connectivity index (χ1) is 9.63. The number of hydrogen-bond acceptors (Lipinski definition) is 2. The Morgan fingerprint density at radius 1 is 1.20 bits per heavy atom. The summed E-state index contributed by atoms with van der Waals surface area (Å²) < 4.78 is 0. The van der Waals surface area contributed by atoms with Crippen LogP contribution in [-0.4, -0.2) is 11.0 Å². The molecule has 0 aliphatic heterocycles. The predicted molar refractivity (Wildman–Crippen MR) is 87.5 cm³/mol. The maximum Gasteiger partial charge on any atom is 0.226 e. The molecule has 0 spiro atoms. The molecular formula is C16H24N2OS. The molecule has 0 bridgehead atoms. The Labute approximate surface area is 127 Å². The third-order valence-corrected chi connectivity index (χ3v) is 3.38. The number of thiocarbonyl (C=S) groups is 1. The van der Waals surface area contributed by atoms with E-state index < -0.39 is 0 Å². The fourth-order valence-electron chi connectivity index (χ4n) is 1.96. The molecule has 0 heterocycles. The van der Waals surface area contributed by atoms with Crippen molar-refractivity contribution in [2.75, 3.05) is 0 Å². The van der Waals surface area contributed by atoms with E-state index in [1.165, 1.54) is 12.8 Å². The summed E-state index contributed by atoms with van der Waals surface area (Å²) in [5, 5.41) is 6.27. The minimum Gasteiger partial charge on any atom is -0.356 e. The van der Waals surface area contributed by atoms with Crippen molar-refractivity contribution < 1.29 is 4.79 Å². The molecule has 1 amide bonds. The molecule has 0 radical (unpaired) electrons. The Balaban J connectivity index is 2.27. The van der Waals surface area contributed by atoms with Gasteiger partial charge in [-0.25, -0.2) is 0 Å². The van der Waals surface area contributed by atoms with Gasteiger partial charge in [-0.15, -0.1) is 0 Å². The maximum atomic E-state index is 11.7. The van der Waals surface area contributed by atoms with E-state index in [0.29, 0.717) is 11.5 Å². The average molecular weight is 292 g/mol. The fourth-order valence-corrected chi connectivity index (χ4v) is 2.25. The zero-order chi connectivity index (χ0) is 14.8. The van der Waals surface area contributed by atoms with Crippen LogP contribution in [0.2, 0.25) is 0 Å². The highest BCUT2D eigenvalue weighted by Gasteiger charge is 2.08. The molecule has 1 aromatic rings. The Kier molecular flexibility index (Phi) is 7.88. The van der Waals surface area contributed by atoms with Crippen molar-refractivity contribution >= 4 is 23.2 Å². The highest BCUT2D eigenvalue weighted by atomic mass is 32.1. The molecule has 0 aromatic heterocycles. The summed E-state index contributed by atoms with van der Waals surface area (Å²) >= 11 is 5.17. The van der Waals surface area contributed by atoms with Gasteiger partial charge in [0.15, 0.2) is 5.11 Å². The summed E-state index contributed by atoms with van der Waals surface area (Å²) in [7, 11) is 0. The quantitative estimate of drug-likeness (QED) is 0.594. The molecule has 0 fully saturated rings. The van der Waals surface area contributed by atoms with Gasteiger partial charge in [-0.3, -0.25) is 4.79 Å². The lowest BCUT2D eigenvalue weighted by Crippen LogP contribution is -2.40. The van der Waals surface area contributed by atoms with Crippen LogP contribution in [0.1, 0.15) is 57.6 Å². The summed E-state index contributed by atoms with van der Waals surface area (Å²) in [6, 6.07) is 10.1. The number of rotatable bonds is 7. The second-order valence-electron chi connectivity index (χ2n) is 4.96. The second kappa shape index (κ2) is 9.48. The third-order valence-electron chi connectivity index (χ3n) is 3.16. The summed E-state index contributed by atoms with van der Waals surface area (Å²) in [4.78, 5) is 11.7. The Bertz CT molecular complexity index is 420. The van der Waals surface area contributed by atoms with E-state index in [2.05, 4.69) is 17.6 Å². The summed E-state index contributed by atoms with van der Waals surface area (Å²) in [6.07, 6.45) is 4.93. The fraction of sp³-hybridized carbons (Fsp3) is 0.500. The summed E-state index contributed by atoms with van der Waals surface area (Å²) in [5.74, 6) is -0.00105. The predicted octanol–water partition coefficient (Wildman–Crippen LogP) is 3.71. The van der Waals surface area contributed by atoms with Crippen LogP contribution in [0.3, 0.4) is 0 Å². The summed E-state index contributed by atoms with van der Waals surface area (Å²) in [5.41, 5.74) is 1.15. The zero-order valence-corrected chi connectivity index (χ0v) is 13.1. The van der Waals surface area contributed by atoms with Gasteiger partial charge in [-0.05, 0) is 31.1 Å². The minimum absolute atomic E-state index is 0.00105. The van der Waals surface area contributed by atoms with Crippen LogP contribution in [0, 0.1) is 0 Å². The van der Waals surface area contributed by atoms with Crippen molar-refractivity contribution in [1.82, 2.24) is 10.6 Å². The molecule has 1 unspecified atom stereocenters. The topological polar surface area (TPSA) is 41.1 Å².